The lowest BCUT2D eigenvalue weighted by molar-refractivity contribution is -0.133. The van der Waals surface area contributed by atoms with Crippen molar-refractivity contribution < 1.29 is 23.1 Å². The normalized spacial score (nSPS) is 10.7. The number of hydrogen-bond acceptors (Lipinski definition) is 4. The van der Waals surface area contributed by atoms with Crippen LogP contribution in [-0.2, 0) is 22.6 Å². The van der Waals surface area contributed by atoms with E-state index < -0.39 is 11.7 Å². The minimum absolute atomic E-state index is 0.0571. The Morgan fingerprint density at radius 1 is 0.938 bits per heavy atom. The summed E-state index contributed by atoms with van der Waals surface area (Å²) in [6, 6.07) is 18.9. The molecule has 7 heteroatoms. The zero-order valence-corrected chi connectivity index (χ0v) is 18.1. The Morgan fingerprint density at radius 2 is 1.69 bits per heavy atom. The topological polar surface area (TPSA) is 63.0 Å². The van der Waals surface area contributed by atoms with Gasteiger partial charge in [0.1, 0.15) is 18.1 Å². The number of methoxy groups -OCH3 is 1. The van der Waals surface area contributed by atoms with Gasteiger partial charge in [-0.05, 0) is 36.2 Å². The number of halogens is 1. The second-order valence-electron chi connectivity index (χ2n) is 7.37. The Bertz CT molecular complexity index is 992. The first-order valence-electron chi connectivity index (χ1n) is 10.5. The Hall–Kier alpha value is -3.45. The highest BCUT2D eigenvalue weighted by atomic mass is 19.1. The molecule has 3 rings (SSSR count). The number of carbonyl (C=O) groups excluding carboxylic acids is 2. The highest BCUT2D eigenvalue weighted by Gasteiger charge is 2.24. The minimum atomic E-state index is -0.613. The van der Waals surface area contributed by atoms with Gasteiger partial charge in [-0.15, -0.1) is 0 Å². The lowest BCUT2D eigenvalue weighted by Crippen LogP contribution is -2.43. The van der Waals surface area contributed by atoms with E-state index in [0.29, 0.717) is 25.3 Å². The lowest BCUT2D eigenvalue weighted by Gasteiger charge is -2.27. The summed E-state index contributed by atoms with van der Waals surface area (Å²) >= 11 is 0. The molecule has 1 aromatic heterocycles. The van der Waals surface area contributed by atoms with E-state index >= 15 is 0 Å². The minimum Gasteiger partial charge on any atom is -0.467 e. The van der Waals surface area contributed by atoms with Crippen LogP contribution in [0.2, 0.25) is 0 Å². The average Bonchev–Trinajstić information content (AvgIpc) is 3.32. The number of amides is 2. The monoisotopic (exact) mass is 438 g/mol. The third-order valence-electron chi connectivity index (χ3n) is 4.99. The SMILES string of the molecule is COCCCN(CC(=O)N(Cc1ccccc1)Cc1ccco1)C(=O)c1ccccc1F. The highest BCUT2D eigenvalue weighted by Crippen LogP contribution is 2.14. The van der Waals surface area contributed by atoms with Crippen LogP contribution in [-0.4, -0.2) is 48.4 Å². The standard InChI is InChI=1S/C25H27FN2O4/c1-31-15-8-14-27(25(30)22-12-5-6-13-23(22)26)19-24(29)28(18-21-11-7-16-32-21)17-20-9-3-2-4-10-20/h2-7,9-13,16H,8,14-15,17-19H2,1H3. The van der Waals surface area contributed by atoms with E-state index in [9.17, 15) is 14.0 Å². The molecule has 0 aliphatic rings. The molecule has 0 atom stereocenters. The Labute approximate surface area is 187 Å². The van der Waals surface area contributed by atoms with Crippen LogP contribution in [0.25, 0.3) is 0 Å². The summed E-state index contributed by atoms with van der Waals surface area (Å²) < 4.78 is 24.8. The molecule has 0 N–H and O–H groups in total. The summed E-state index contributed by atoms with van der Waals surface area (Å²) in [4.78, 5) is 29.4. The lowest BCUT2D eigenvalue weighted by atomic mass is 10.1. The van der Waals surface area contributed by atoms with E-state index in [2.05, 4.69) is 0 Å². The van der Waals surface area contributed by atoms with Crippen LogP contribution >= 0.6 is 0 Å². The number of hydrogen-bond donors (Lipinski definition) is 0. The molecule has 0 spiro atoms. The summed E-state index contributed by atoms with van der Waals surface area (Å²) in [5.74, 6) is -0.753. The molecule has 0 saturated heterocycles. The number of nitrogens with zero attached hydrogens (tertiary/aromatic N) is 2. The molecule has 0 bridgehead atoms. The second kappa shape index (κ2) is 11.8. The molecular formula is C25H27FN2O4. The summed E-state index contributed by atoms with van der Waals surface area (Å²) in [5, 5.41) is 0. The van der Waals surface area contributed by atoms with Crippen LogP contribution < -0.4 is 0 Å². The maximum atomic E-state index is 14.2. The molecule has 1 heterocycles. The third-order valence-corrected chi connectivity index (χ3v) is 4.99. The predicted molar refractivity (Wildman–Crippen MR) is 118 cm³/mol. The average molecular weight is 438 g/mol. The number of rotatable bonds is 11. The summed E-state index contributed by atoms with van der Waals surface area (Å²) in [5.41, 5.74) is 0.900. The van der Waals surface area contributed by atoms with Gasteiger partial charge in [0.15, 0.2) is 0 Å². The van der Waals surface area contributed by atoms with Crippen molar-refractivity contribution in [3.8, 4) is 0 Å². The van der Waals surface area contributed by atoms with E-state index in [-0.39, 0.29) is 31.1 Å². The van der Waals surface area contributed by atoms with Crippen LogP contribution in [0, 0.1) is 5.82 Å². The smallest absolute Gasteiger partial charge is 0.257 e. The van der Waals surface area contributed by atoms with Gasteiger partial charge in [-0.1, -0.05) is 42.5 Å². The highest BCUT2D eigenvalue weighted by molar-refractivity contribution is 5.96. The van der Waals surface area contributed by atoms with E-state index in [1.807, 2.05) is 30.3 Å². The van der Waals surface area contributed by atoms with Gasteiger partial charge in [0.2, 0.25) is 5.91 Å². The van der Waals surface area contributed by atoms with Crippen molar-refractivity contribution in [3.05, 3.63) is 95.7 Å². The predicted octanol–water partition coefficient (Wildman–Crippen LogP) is 4.13. The fourth-order valence-electron chi connectivity index (χ4n) is 3.35. The summed E-state index contributed by atoms with van der Waals surface area (Å²) in [7, 11) is 1.57. The molecule has 6 nitrogen and oxygen atoms in total. The van der Waals surface area contributed by atoms with Gasteiger partial charge in [-0.2, -0.15) is 0 Å². The zero-order chi connectivity index (χ0) is 22.8. The molecular weight excluding hydrogens is 411 g/mol. The Morgan fingerprint density at radius 3 is 2.38 bits per heavy atom. The first-order valence-corrected chi connectivity index (χ1v) is 10.5. The van der Waals surface area contributed by atoms with Crippen LogP contribution in [0.3, 0.4) is 0 Å². The fourth-order valence-corrected chi connectivity index (χ4v) is 3.35. The molecule has 168 valence electrons. The van der Waals surface area contributed by atoms with Crippen molar-refractivity contribution in [3.63, 3.8) is 0 Å². The van der Waals surface area contributed by atoms with Crippen molar-refractivity contribution in [2.45, 2.75) is 19.5 Å². The largest absolute Gasteiger partial charge is 0.467 e. The van der Waals surface area contributed by atoms with Crippen LogP contribution in [0.15, 0.2) is 77.4 Å². The number of furan rings is 1. The van der Waals surface area contributed by atoms with Gasteiger partial charge in [-0.3, -0.25) is 9.59 Å². The van der Waals surface area contributed by atoms with Crippen molar-refractivity contribution in [2.75, 3.05) is 26.8 Å². The maximum absolute atomic E-state index is 14.2. The number of benzene rings is 2. The molecule has 0 aliphatic heterocycles. The quantitative estimate of drug-likeness (QED) is 0.423. The van der Waals surface area contributed by atoms with Crippen LogP contribution in [0.5, 0.6) is 0 Å². The first-order chi connectivity index (χ1) is 15.6. The second-order valence-corrected chi connectivity index (χ2v) is 7.37. The third kappa shape index (κ3) is 6.52. The van der Waals surface area contributed by atoms with Gasteiger partial charge in [-0.25, -0.2) is 4.39 Å². The molecule has 0 radical (unpaired) electrons. The van der Waals surface area contributed by atoms with E-state index in [0.717, 1.165) is 5.56 Å². The molecule has 2 aromatic carbocycles. The molecule has 0 saturated carbocycles. The van der Waals surface area contributed by atoms with E-state index in [4.69, 9.17) is 9.15 Å². The van der Waals surface area contributed by atoms with Gasteiger partial charge >= 0.3 is 0 Å². The van der Waals surface area contributed by atoms with Crippen LogP contribution in [0.1, 0.15) is 28.1 Å². The van der Waals surface area contributed by atoms with Crippen molar-refractivity contribution in [2.24, 2.45) is 0 Å². The van der Waals surface area contributed by atoms with Gasteiger partial charge in [0.05, 0.1) is 18.4 Å². The molecule has 2 amide bonds. The van der Waals surface area contributed by atoms with Crippen molar-refractivity contribution in [1.82, 2.24) is 9.80 Å². The molecule has 0 fully saturated rings. The number of carbonyl (C=O) groups is 2. The van der Waals surface area contributed by atoms with Gasteiger partial charge < -0.3 is 19.0 Å². The fraction of sp³-hybridized carbons (Fsp3) is 0.280. The summed E-state index contributed by atoms with van der Waals surface area (Å²) in [6.07, 6.45) is 2.08. The number of ether oxygens (including phenoxy) is 1. The van der Waals surface area contributed by atoms with Gasteiger partial charge in [0.25, 0.3) is 5.91 Å². The first kappa shape index (κ1) is 23.2. The maximum Gasteiger partial charge on any atom is 0.257 e. The zero-order valence-electron chi connectivity index (χ0n) is 18.1. The van der Waals surface area contributed by atoms with E-state index in [1.165, 1.54) is 23.1 Å². The van der Waals surface area contributed by atoms with Gasteiger partial charge in [0, 0.05) is 26.8 Å². The molecule has 32 heavy (non-hydrogen) atoms. The molecule has 3 aromatic rings. The van der Waals surface area contributed by atoms with Crippen molar-refractivity contribution in [1.29, 1.82) is 0 Å². The Kier molecular flexibility index (Phi) is 8.57. The van der Waals surface area contributed by atoms with E-state index in [1.54, 1.807) is 36.5 Å². The van der Waals surface area contributed by atoms with Crippen molar-refractivity contribution >= 4 is 11.8 Å². The molecule has 0 unspecified atom stereocenters. The van der Waals surface area contributed by atoms with Crippen LogP contribution in [0.4, 0.5) is 4.39 Å². The Balaban J connectivity index is 1.79. The summed E-state index contributed by atoms with van der Waals surface area (Å²) in [6.45, 7) is 1.15. The molecule has 0 aliphatic carbocycles.